The van der Waals surface area contributed by atoms with E-state index in [0.717, 1.165) is 33.8 Å². The zero-order valence-electron chi connectivity index (χ0n) is 13.5. The third-order valence-corrected chi connectivity index (χ3v) is 4.25. The first-order valence-electron chi connectivity index (χ1n) is 7.81. The molecule has 2 aromatic carbocycles. The Morgan fingerprint density at radius 1 is 0.870 bits per heavy atom. The molecule has 0 aliphatic heterocycles. The van der Waals surface area contributed by atoms with Gasteiger partial charge in [-0.1, -0.05) is 63.2 Å². The Hall–Kier alpha value is -2.68. The van der Waals surface area contributed by atoms with E-state index in [1.165, 1.54) is 0 Å². The molecule has 0 saturated carbocycles. The number of carbonyl (C=O) groups is 1. The van der Waals surface area contributed by atoms with Gasteiger partial charge in [0.05, 0.1) is 22.6 Å². The van der Waals surface area contributed by atoms with Crippen LogP contribution in [0.2, 0.25) is 0 Å². The van der Waals surface area contributed by atoms with Gasteiger partial charge in [0, 0.05) is 16.5 Å². The molecule has 3 heteroatoms. The molecule has 0 bridgehead atoms. The lowest BCUT2D eigenvalue weighted by atomic mass is 9.88. The van der Waals surface area contributed by atoms with Gasteiger partial charge in [0.1, 0.15) is 0 Å². The van der Waals surface area contributed by atoms with Crippen LogP contribution in [0.1, 0.15) is 42.4 Å². The number of nitrogens with zero attached hydrogens (tertiary/aromatic N) is 2. The Balaban J connectivity index is 2.09. The van der Waals surface area contributed by atoms with Gasteiger partial charge in [-0.15, -0.1) is 0 Å². The van der Waals surface area contributed by atoms with Gasteiger partial charge >= 0.3 is 0 Å². The summed E-state index contributed by atoms with van der Waals surface area (Å²) in [5, 5.41) is 4.82. The van der Waals surface area contributed by atoms with Gasteiger partial charge in [0.2, 0.25) is 0 Å². The SMILES string of the molecule is CC(C)(C)c1nn(-c2ccccc2)c2c1C(=O)c1ccccc1-2. The number of benzene rings is 2. The molecule has 0 N–H and O–H groups in total. The van der Waals surface area contributed by atoms with E-state index in [0.29, 0.717) is 0 Å². The van der Waals surface area contributed by atoms with Crippen LogP contribution in [0.25, 0.3) is 16.9 Å². The first-order chi connectivity index (χ1) is 11.0. The minimum Gasteiger partial charge on any atom is -0.288 e. The normalized spacial score (nSPS) is 13.1. The van der Waals surface area contributed by atoms with Crippen molar-refractivity contribution in [3.8, 4) is 16.9 Å². The van der Waals surface area contributed by atoms with E-state index in [-0.39, 0.29) is 11.2 Å². The fraction of sp³-hybridized carbons (Fsp3) is 0.200. The predicted octanol–water partition coefficient (Wildman–Crippen LogP) is 4.38. The van der Waals surface area contributed by atoms with Crippen molar-refractivity contribution in [2.75, 3.05) is 0 Å². The van der Waals surface area contributed by atoms with Crippen molar-refractivity contribution in [2.24, 2.45) is 0 Å². The molecule has 23 heavy (non-hydrogen) atoms. The van der Waals surface area contributed by atoms with Gasteiger partial charge in [-0.3, -0.25) is 4.79 Å². The summed E-state index contributed by atoms with van der Waals surface area (Å²) in [7, 11) is 0. The van der Waals surface area contributed by atoms with Crippen LogP contribution in [0.5, 0.6) is 0 Å². The van der Waals surface area contributed by atoms with Gasteiger partial charge in [-0.25, -0.2) is 4.68 Å². The highest BCUT2D eigenvalue weighted by Crippen LogP contribution is 2.42. The molecular formula is C20H18N2O. The molecule has 114 valence electrons. The van der Waals surface area contributed by atoms with E-state index in [1.54, 1.807) is 0 Å². The van der Waals surface area contributed by atoms with Crippen LogP contribution in [-0.2, 0) is 5.41 Å². The molecule has 0 atom stereocenters. The largest absolute Gasteiger partial charge is 0.288 e. The topological polar surface area (TPSA) is 34.9 Å². The monoisotopic (exact) mass is 302 g/mol. The molecule has 0 radical (unpaired) electrons. The van der Waals surface area contributed by atoms with E-state index in [1.807, 2.05) is 59.3 Å². The molecule has 3 aromatic rings. The van der Waals surface area contributed by atoms with Crippen LogP contribution in [0, 0.1) is 0 Å². The molecule has 4 rings (SSSR count). The fourth-order valence-corrected chi connectivity index (χ4v) is 3.19. The van der Waals surface area contributed by atoms with Crippen molar-refractivity contribution in [3.63, 3.8) is 0 Å². The van der Waals surface area contributed by atoms with Crippen LogP contribution >= 0.6 is 0 Å². The van der Waals surface area contributed by atoms with Crippen LogP contribution in [0.15, 0.2) is 54.6 Å². The summed E-state index contributed by atoms with van der Waals surface area (Å²) in [6.45, 7) is 6.30. The summed E-state index contributed by atoms with van der Waals surface area (Å²) in [6.07, 6.45) is 0. The Bertz CT molecular complexity index is 915. The molecule has 0 fully saturated rings. The lowest BCUT2D eigenvalue weighted by Gasteiger charge is -2.16. The van der Waals surface area contributed by atoms with Gasteiger partial charge in [0.15, 0.2) is 5.78 Å². The number of hydrogen-bond acceptors (Lipinski definition) is 2. The number of ketones is 1. The molecule has 0 amide bonds. The molecule has 1 aliphatic rings. The third kappa shape index (κ3) is 1.96. The van der Waals surface area contributed by atoms with Crippen molar-refractivity contribution in [1.29, 1.82) is 0 Å². The van der Waals surface area contributed by atoms with Gasteiger partial charge in [-0.2, -0.15) is 5.10 Å². The molecule has 1 heterocycles. The minimum absolute atomic E-state index is 0.0858. The number of carbonyl (C=O) groups excluding carboxylic acids is 1. The van der Waals surface area contributed by atoms with Crippen molar-refractivity contribution in [2.45, 2.75) is 26.2 Å². The number of hydrogen-bond donors (Lipinski definition) is 0. The highest BCUT2D eigenvalue weighted by molar-refractivity contribution is 6.22. The van der Waals surface area contributed by atoms with Crippen molar-refractivity contribution in [3.05, 3.63) is 71.4 Å². The first kappa shape index (κ1) is 13.9. The Morgan fingerprint density at radius 3 is 2.13 bits per heavy atom. The van der Waals surface area contributed by atoms with E-state index in [9.17, 15) is 4.79 Å². The summed E-state index contributed by atoms with van der Waals surface area (Å²) in [5.74, 6) is 0.0858. The fourth-order valence-electron chi connectivity index (χ4n) is 3.19. The van der Waals surface area contributed by atoms with E-state index >= 15 is 0 Å². The van der Waals surface area contributed by atoms with Crippen molar-refractivity contribution >= 4 is 5.78 Å². The lowest BCUT2D eigenvalue weighted by molar-refractivity contribution is 0.104. The van der Waals surface area contributed by atoms with Crippen LogP contribution in [0.3, 0.4) is 0 Å². The predicted molar refractivity (Wildman–Crippen MR) is 91.1 cm³/mol. The highest BCUT2D eigenvalue weighted by atomic mass is 16.1. The molecule has 3 nitrogen and oxygen atoms in total. The van der Waals surface area contributed by atoms with E-state index in [4.69, 9.17) is 5.10 Å². The summed E-state index contributed by atoms with van der Waals surface area (Å²) < 4.78 is 1.92. The van der Waals surface area contributed by atoms with Gasteiger partial charge in [0.25, 0.3) is 0 Å². The lowest BCUT2D eigenvalue weighted by Crippen LogP contribution is -2.16. The maximum Gasteiger partial charge on any atom is 0.197 e. The van der Waals surface area contributed by atoms with Gasteiger partial charge in [-0.05, 0) is 12.1 Å². The van der Waals surface area contributed by atoms with Crippen LogP contribution in [-0.4, -0.2) is 15.6 Å². The zero-order valence-corrected chi connectivity index (χ0v) is 13.5. The summed E-state index contributed by atoms with van der Waals surface area (Å²) in [6, 6.07) is 17.8. The minimum atomic E-state index is -0.193. The molecular weight excluding hydrogens is 284 g/mol. The second-order valence-electron chi connectivity index (χ2n) is 6.94. The van der Waals surface area contributed by atoms with Crippen molar-refractivity contribution < 1.29 is 4.79 Å². The first-order valence-corrected chi connectivity index (χ1v) is 7.81. The summed E-state index contributed by atoms with van der Waals surface area (Å²) in [4.78, 5) is 12.9. The Morgan fingerprint density at radius 2 is 1.48 bits per heavy atom. The highest BCUT2D eigenvalue weighted by Gasteiger charge is 2.38. The third-order valence-electron chi connectivity index (χ3n) is 4.25. The maximum absolute atomic E-state index is 12.9. The summed E-state index contributed by atoms with van der Waals surface area (Å²) >= 11 is 0. The molecule has 0 unspecified atom stereocenters. The average molecular weight is 302 g/mol. The number of para-hydroxylation sites is 1. The molecule has 0 spiro atoms. The number of aromatic nitrogens is 2. The van der Waals surface area contributed by atoms with E-state index in [2.05, 4.69) is 20.8 Å². The standard InChI is InChI=1S/C20H18N2O/c1-20(2,3)19-16-17(14-11-7-8-12-15(14)18(16)23)22(21-19)13-9-5-4-6-10-13/h4-12H,1-3H3. The average Bonchev–Trinajstić information content (AvgIpc) is 3.06. The quantitative estimate of drug-likeness (QED) is 0.523. The number of fused-ring (bicyclic) bond motifs is 3. The van der Waals surface area contributed by atoms with E-state index < -0.39 is 0 Å². The second kappa shape index (κ2) is 4.66. The van der Waals surface area contributed by atoms with Crippen molar-refractivity contribution in [1.82, 2.24) is 9.78 Å². The summed E-state index contributed by atoms with van der Waals surface area (Å²) in [5.41, 5.74) is 5.06. The Kier molecular flexibility index (Phi) is 2.82. The molecule has 1 aliphatic carbocycles. The molecule has 0 saturated heterocycles. The maximum atomic E-state index is 12.9. The van der Waals surface area contributed by atoms with Crippen LogP contribution < -0.4 is 0 Å². The van der Waals surface area contributed by atoms with Crippen LogP contribution in [0.4, 0.5) is 0 Å². The second-order valence-corrected chi connectivity index (χ2v) is 6.94. The number of rotatable bonds is 1. The Labute approximate surface area is 135 Å². The van der Waals surface area contributed by atoms with Gasteiger partial charge < -0.3 is 0 Å². The smallest absolute Gasteiger partial charge is 0.197 e. The zero-order chi connectivity index (χ0) is 16.2. The molecule has 1 aromatic heterocycles.